The summed E-state index contributed by atoms with van der Waals surface area (Å²) < 4.78 is 1.66. The first-order chi connectivity index (χ1) is 7.47. The van der Waals surface area contributed by atoms with E-state index in [0.717, 1.165) is 13.0 Å². The number of carbonyl (C=O) groups is 1. The third-order valence-electron chi connectivity index (χ3n) is 2.23. The van der Waals surface area contributed by atoms with Crippen LogP contribution in [0.4, 0.5) is 0 Å². The van der Waals surface area contributed by atoms with Crippen LogP contribution in [0.3, 0.4) is 0 Å². The minimum absolute atomic E-state index is 0.0692. The van der Waals surface area contributed by atoms with Crippen molar-refractivity contribution >= 4 is 5.91 Å². The van der Waals surface area contributed by atoms with Crippen molar-refractivity contribution < 1.29 is 4.79 Å². The number of hydrogen-bond acceptors (Lipinski definition) is 3. The standard InChI is InChI=1S/C11H20N4O/c1-11(2,3)5-6-13-10(16)4-7-15-9-12-8-14-15/h8-9H,4-7H2,1-3H3,(H,13,16). The van der Waals surface area contributed by atoms with Gasteiger partial charge in [0, 0.05) is 13.0 Å². The second kappa shape index (κ2) is 5.63. The molecule has 0 bridgehead atoms. The highest BCUT2D eigenvalue weighted by atomic mass is 16.1. The van der Waals surface area contributed by atoms with E-state index < -0.39 is 0 Å². The largest absolute Gasteiger partial charge is 0.356 e. The molecule has 1 aromatic heterocycles. The van der Waals surface area contributed by atoms with Gasteiger partial charge < -0.3 is 5.32 Å². The molecule has 16 heavy (non-hydrogen) atoms. The average Bonchev–Trinajstić information content (AvgIpc) is 2.65. The maximum Gasteiger partial charge on any atom is 0.221 e. The molecule has 0 radical (unpaired) electrons. The number of rotatable bonds is 5. The molecule has 0 spiro atoms. The zero-order valence-electron chi connectivity index (χ0n) is 10.2. The fourth-order valence-electron chi connectivity index (χ4n) is 1.23. The van der Waals surface area contributed by atoms with E-state index in [1.54, 1.807) is 11.0 Å². The van der Waals surface area contributed by atoms with E-state index in [1.165, 1.54) is 6.33 Å². The van der Waals surface area contributed by atoms with Crippen LogP contribution in [0.25, 0.3) is 0 Å². The molecule has 0 aromatic carbocycles. The topological polar surface area (TPSA) is 59.8 Å². The van der Waals surface area contributed by atoms with Gasteiger partial charge in [0.2, 0.25) is 5.91 Å². The van der Waals surface area contributed by atoms with Gasteiger partial charge >= 0.3 is 0 Å². The molecule has 1 heterocycles. The maximum atomic E-state index is 11.5. The van der Waals surface area contributed by atoms with E-state index in [0.29, 0.717) is 13.0 Å². The molecule has 1 aromatic rings. The first-order valence-corrected chi connectivity index (χ1v) is 5.56. The average molecular weight is 224 g/mol. The number of amides is 1. The summed E-state index contributed by atoms with van der Waals surface area (Å²) in [5, 5.41) is 6.83. The number of hydrogen-bond donors (Lipinski definition) is 1. The van der Waals surface area contributed by atoms with Gasteiger partial charge in [-0.1, -0.05) is 20.8 Å². The summed E-state index contributed by atoms with van der Waals surface area (Å²) in [6.45, 7) is 7.80. The predicted octanol–water partition coefficient (Wildman–Crippen LogP) is 1.22. The van der Waals surface area contributed by atoms with Gasteiger partial charge in [-0.3, -0.25) is 9.48 Å². The summed E-state index contributed by atoms with van der Waals surface area (Å²) in [5.41, 5.74) is 0.263. The first-order valence-electron chi connectivity index (χ1n) is 5.56. The molecule has 0 aliphatic carbocycles. The molecule has 1 amide bonds. The van der Waals surface area contributed by atoms with Gasteiger partial charge in [0.05, 0.1) is 6.54 Å². The number of nitrogens with one attached hydrogen (secondary N) is 1. The Kier molecular flexibility index (Phi) is 4.46. The highest BCUT2D eigenvalue weighted by Crippen LogP contribution is 2.16. The molecule has 0 atom stereocenters. The van der Waals surface area contributed by atoms with Gasteiger partial charge in [-0.15, -0.1) is 0 Å². The molecule has 0 unspecified atom stereocenters. The summed E-state index contributed by atoms with van der Waals surface area (Å²) in [5.74, 6) is 0.0692. The molecule has 0 saturated heterocycles. The van der Waals surface area contributed by atoms with Gasteiger partial charge in [-0.2, -0.15) is 5.10 Å². The molecule has 0 saturated carbocycles. The summed E-state index contributed by atoms with van der Waals surface area (Å²) >= 11 is 0. The third-order valence-corrected chi connectivity index (χ3v) is 2.23. The van der Waals surface area contributed by atoms with Gasteiger partial charge in [0.1, 0.15) is 12.7 Å². The SMILES string of the molecule is CC(C)(C)CCNC(=O)CCn1cncn1. The van der Waals surface area contributed by atoms with Crippen LogP contribution in [0.2, 0.25) is 0 Å². The first kappa shape index (κ1) is 12.7. The highest BCUT2D eigenvalue weighted by Gasteiger charge is 2.10. The van der Waals surface area contributed by atoms with Crippen molar-refractivity contribution in [2.45, 2.75) is 40.2 Å². The van der Waals surface area contributed by atoms with Crippen molar-refractivity contribution in [3.63, 3.8) is 0 Å². The molecule has 0 aliphatic rings. The highest BCUT2D eigenvalue weighted by molar-refractivity contribution is 5.75. The lowest BCUT2D eigenvalue weighted by Gasteiger charge is -2.17. The molecule has 1 rings (SSSR count). The molecular weight excluding hydrogens is 204 g/mol. The summed E-state index contributed by atoms with van der Waals surface area (Å²) in [4.78, 5) is 15.3. The fourth-order valence-corrected chi connectivity index (χ4v) is 1.23. The Labute approximate surface area is 96.3 Å². The van der Waals surface area contributed by atoms with Crippen LogP contribution in [0.15, 0.2) is 12.7 Å². The van der Waals surface area contributed by atoms with Crippen LogP contribution in [0.5, 0.6) is 0 Å². The molecule has 0 fully saturated rings. The van der Waals surface area contributed by atoms with Crippen molar-refractivity contribution in [1.29, 1.82) is 0 Å². The quantitative estimate of drug-likeness (QED) is 0.818. The lowest BCUT2D eigenvalue weighted by molar-refractivity contribution is -0.121. The second-order valence-electron chi connectivity index (χ2n) is 5.07. The van der Waals surface area contributed by atoms with Crippen LogP contribution < -0.4 is 5.32 Å². The van der Waals surface area contributed by atoms with E-state index in [-0.39, 0.29) is 11.3 Å². The van der Waals surface area contributed by atoms with Gasteiger partial charge in [0.25, 0.3) is 0 Å². The van der Waals surface area contributed by atoms with Crippen LogP contribution in [-0.2, 0) is 11.3 Å². The predicted molar refractivity (Wildman–Crippen MR) is 61.7 cm³/mol. The normalized spacial score (nSPS) is 11.4. The maximum absolute atomic E-state index is 11.5. The van der Waals surface area contributed by atoms with E-state index in [1.807, 2.05) is 0 Å². The zero-order chi connectivity index (χ0) is 12.0. The van der Waals surface area contributed by atoms with Crippen molar-refractivity contribution in [3.05, 3.63) is 12.7 Å². The van der Waals surface area contributed by atoms with E-state index in [2.05, 4.69) is 36.2 Å². The van der Waals surface area contributed by atoms with Gasteiger partial charge in [-0.05, 0) is 11.8 Å². The summed E-state index contributed by atoms with van der Waals surface area (Å²) in [6, 6.07) is 0. The number of aryl methyl sites for hydroxylation is 1. The summed E-state index contributed by atoms with van der Waals surface area (Å²) in [6.07, 6.45) is 4.52. The number of nitrogens with zero attached hydrogens (tertiary/aromatic N) is 3. The Morgan fingerprint density at radius 2 is 2.19 bits per heavy atom. The smallest absolute Gasteiger partial charge is 0.221 e. The van der Waals surface area contributed by atoms with Crippen molar-refractivity contribution in [3.8, 4) is 0 Å². The Morgan fingerprint density at radius 3 is 2.75 bits per heavy atom. The Bertz CT molecular complexity index is 313. The van der Waals surface area contributed by atoms with Crippen LogP contribution in [-0.4, -0.2) is 27.2 Å². The summed E-state index contributed by atoms with van der Waals surface area (Å²) in [7, 11) is 0. The third kappa shape index (κ3) is 5.48. The monoisotopic (exact) mass is 224 g/mol. The zero-order valence-corrected chi connectivity index (χ0v) is 10.2. The van der Waals surface area contributed by atoms with E-state index >= 15 is 0 Å². The van der Waals surface area contributed by atoms with Gasteiger partial charge in [-0.25, -0.2) is 4.98 Å². The molecule has 90 valence electrons. The number of carbonyl (C=O) groups excluding carboxylic acids is 1. The fraction of sp³-hybridized carbons (Fsp3) is 0.727. The lowest BCUT2D eigenvalue weighted by Crippen LogP contribution is -2.28. The van der Waals surface area contributed by atoms with Crippen LogP contribution >= 0.6 is 0 Å². The second-order valence-corrected chi connectivity index (χ2v) is 5.07. The molecule has 5 heteroatoms. The Hall–Kier alpha value is -1.39. The Morgan fingerprint density at radius 1 is 1.44 bits per heavy atom. The molecule has 0 aliphatic heterocycles. The van der Waals surface area contributed by atoms with Crippen molar-refractivity contribution in [2.24, 2.45) is 5.41 Å². The number of aromatic nitrogens is 3. The van der Waals surface area contributed by atoms with Crippen LogP contribution in [0.1, 0.15) is 33.6 Å². The van der Waals surface area contributed by atoms with Crippen LogP contribution in [0, 0.1) is 5.41 Å². The minimum atomic E-state index is 0.0692. The molecule has 5 nitrogen and oxygen atoms in total. The van der Waals surface area contributed by atoms with E-state index in [4.69, 9.17) is 0 Å². The van der Waals surface area contributed by atoms with E-state index in [9.17, 15) is 4.79 Å². The van der Waals surface area contributed by atoms with Crippen molar-refractivity contribution in [1.82, 2.24) is 20.1 Å². The Balaban J connectivity index is 2.12. The van der Waals surface area contributed by atoms with Gasteiger partial charge in [0.15, 0.2) is 0 Å². The lowest BCUT2D eigenvalue weighted by atomic mass is 9.92. The molecule has 1 N–H and O–H groups in total. The molecular formula is C11H20N4O. The van der Waals surface area contributed by atoms with Crippen molar-refractivity contribution in [2.75, 3.05) is 6.54 Å². The minimum Gasteiger partial charge on any atom is -0.356 e.